The molecule has 3 rings (SSSR count). The van der Waals surface area contributed by atoms with Crippen LogP contribution in [0.1, 0.15) is 55.4 Å². The highest BCUT2D eigenvalue weighted by atomic mass is 32.2. The van der Waals surface area contributed by atoms with Crippen molar-refractivity contribution < 1.29 is 22.7 Å². The lowest BCUT2D eigenvalue weighted by Crippen LogP contribution is -2.55. The molecule has 0 aliphatic carbocycles. The van der Waals surface area contributed by atoms with E-state index < -0.39 is 27.4 Å². The molecule has 1 atom stereocenters. The highest BCUT2D eigenvalue weighted by Gasteiger charge is 2.41. The van der Waals surface area contributed by atoms with Crippen LogP contribution in [0, 0.1) is 0 Å². The first-order chi connectivity index (χ1) is 18.5. The normalized spacial score (nSPS) is 13.6. The van der Waals surface area contributed by atoms with Crippen LogP contribution in [0.15, 0.2) is 65.4 Å². The number of rotatable bonds is 15. The zero-order chi connectivity index (χ0) is 28.4. The Kier molecular flexibility index (Phi) is 11.3. The number of thiophene rings is 2. The summed E-state index contributed by atoms with van der Waals surface area (Å²) in [5.41, 5.74) is -1.37. The second kappa shape index (κ2) is 14.2. The molecule has 0 spiro atoms. The van der Waals surface area contributed by atoms with Gasteiger partial charge in [-0.1, -0.05) is 42.5 Å². The van der Waals surface area contributed by atoms with Crippen LogP contribution in [0.25, 0.3) is 0 Å². The van der Waals surface area contributed by atoms with Crippen LogP contribution in [0.4, 0.5) is 4.79 Å². The molecule has 0 radical (unpaired) electrons. The van der Waals surface area contributed by atoms with E-state index in [0.717, 1.165) is 9.75 Å². The van der Waals surface area contributed by atoms with Crippen molar-refractivity contribution >= 4 is 45.1 Å². The van der Waals surface area contributed by atoms with E-state index in [1.807, 2.05) is 66.8 Å². The van der Waals surface area contributed by atoms with E-state index in [9.17, 15) is 18.0 Å². The number of amides is 1. The van der Waals surface area contributed by atoms with Crippen LogP contribution in [-0.2, 0) is 38.4 Å². The van der Waals surface area contributed by atoms with E-state index in [-0.39, 0.29) is 18.7 Å². The summed E-state index contributed by atoms with van der Waals surface area (Å²) in [6.07, 6.45) is 1.17. The van der Waals surface area contributed by atoms with Gasteiger partial charge in [-0.05, 0) is 62.1 Å². The van der Waals surface area contributed by atoms with Crippen LogP contribution in [0.3, 0.4) is 0 Å². The number of sulfonamides is 1. The zero-order valence-corrected chi connectivity index (χ0v) is 25.0. The Morgan fingerprint density at radius 2 is 1.56 bits per heavy atom. The van der Waals surface area contributed by atoms with Crippen LogP contribution in [0.5, 0.6) is 0 Å². The lowest BCUT2D eigenvalue weighted by molar-refractivity contribution is -0.154. The van der Waals surface area contributed by atoms with Crippen LogP contribution in [-0.4, -0.2) is 43.5 Å². The molecule has 0 fully saturated rings. The predicted molar refractivity (Wildman–Crippen MR) is 157 cm³/mol. The van der Waals surface area contributed by atoms with Gasteiger partial charge in [0.15, 0.2) is 6.29 Å². The van der Waals surface area contributed by atoms with Crippen molar-refractivity contribution in [3.8, 4) is 0 Å². The monoisotopic (exact) mass is 591 g/mol. The minimum Gasteiger partial charge on any atom is -0.420 e. The first-order valence-electron chi connectivity index (χ1n) is 12.8. The average Bonchev–Trinajstić information content (AvgIpc) is 3.56. The summed E-state index contributed by atoms with van der Waals surface area (Å²) in [5, 5.41) is 6.73. The summed E-state index contributed by atoms with van der Waals surface area (Å²) in [6, 6.07) is 16.8. The van der Waals surface area contributed by atoms with Gasteiger partial charge in [-0.3, -0.25) is 4.79 Å². The van der Waals surface area contributed by atoms with Gasteiger partial charge < -0.3 is 10.1 Å². The summed E-state index contributed by atoms with van der Waals surface area (Å²) in [5.74, 6) is -0.0996. The Morgan fingerprint density at radius 3 is 2.08 bits per heavy atom. The number of unbranched alkanes of at least 4 members (excludes halogenated alkanes) is 1. The van der Waals surface area contributed by atoms with Crippen molar-refractivity contribution in [2.75, 3.05) is 6.54 Å². The van der Waals surface area contributed by atoms with Crippen molar-refractivity contribution in [2.24, 2.45) is 0 Å². The second-order valence-electron chi connectivity index (χ2n) is 10.3. The molecule has 0 saturated heterocycles. The van der Waals surface area contributed by atoms with E-state index in [4.69, 9.17) is 4.74 Å². The highest BCUT2D eigenvalue weighted by molar-refractivity contribution is 7.88. The molecule has 0 unspecified atom stereocenters. The first-order valence-corrected chi connectivity index (χ1v) is 16.2. The Morgan fingerprint density at radius 1 is 0.949 bits per heavy atom. The molecule has 0 aliphatic rings. The minimum atomic E-state index is -3.50. The lowest BCUT2D eigenvalue weighted by atomic mass is 10.0. The number of hydrogen-bond acceptors (Lipinski definition) is 8. The van der Waals surface area contributed by atoms with Gasteiger partial charge in [0.05, 0.1) is 5.75 Å². The Bertz CT molecular complexity index is 1220. The number of carbonyl (C=O) groups is 2. The molecule has 2 aromatic heterocycles. The molecule has 0 aliphatic heterocycles. The fourth-order valence-corrected chi connectivity index (χ4v) is 6.63. The fourth-order valence-electron chi connectivity index (χ4n) is 4.00. The molecular weight excluding hydrogens is 555 g/mol. The standard InChI is InChI=1S/C28H37N3O5S3/c1-27(2,3)30-26(33)36-28(22-32,31(19-24-13-9-17-37-24)20-25-14-10-18-38-25)15-7-8-16-29-39(34,35)21-23-11-5-4-6-12-23/h4-6,9-14,17-18,22,29H,7-8,15-16,19-21H2,1-3H3,(H,30,33)/t28-/m0/s1. The molecule has 39 heavy (non-hydrogen) atoms. The summed E-state index contributed by atoms with van der Waals surface area (Å²) >= 11 is 3.14. The number of alkyl carbamates (subject to hydrolysis) is 1. The summed E-state index contributed by atoms with van der Waals surface area (Å²) in [4.78, 5) is 29.7. The van der Waals surface area contributed by atoms with Gasteiger partial charge in [-0.2, -0.15) is 0 Å². The van der Waals surface area contributed by atoms with Crippen molar-refractivity contribution in [2.45, 2.75) is 70.1 Å². The SMILES string of the molecule is CC(C)(C)NC(=O)O[C@](C=O)(CCCCNS(=O)(=O)Cc1ccccc1)N(Cc1cccs1)Cc1cccs1. The van der Waals surface area contributed by atoms with Gasteiger partial charge in [0.2, 0.25) is 15.7 Å². The minimum absolute atomic E-state index is 0.0996. The lowest BCUT2D eigenvalue weighted by Gasteiger charge is -2.39. The molecule has 0 bridgehead atoms. The first kappa shape index (κ1) is 31.0. The molecular formula is C28H37N3O5S3. The quantitative estimate of drug-likeness (QED) is 0.137. The number of ether oxygens (including phenoxy) is 1. The average molecular weight is 592 g/mol. The number of benzene rings is 1. The third kappa shape index (κ3) is 10.5. The highest BCUT2D eigenvalue weighted by Crippen LogP contribution is 2.29. The second-order valence-corrected chi connectivity index (χ2v) is 14.2. The molecule has 212 valence electrons. The molecule has 8 nitrogen and oxygen atoms in total. The Balaban J connectivity index is 1.73. The molecule has 1 aromatic carbocycles. The zero-order valence-electron chi connectivity index (χ0n) is 22.6. The van der Waals surface area contributed by atoms with Crippen molar-refractivity contribution in [1.82, 2.24) is 14.9 Å². The van der Waals surface area contributed by atoms with Gasteiger partial charge >= 0.3 is 6.09 Å². The third-order valence-electron chi connectivity index (χ3n) is 5.80. The largest absolute Gasteiger partial charge is 0.420 e. The van der Waals surface area contributed by atoms with Crippen LogP contribution >= 0.6 is 22.7 Å². The number of nitrogens with one attached hydrogen (secondary N) is 2. The molecule has 3 aromatic rings. The third-order valence-corrected chi connectivity index (χ3v) is 8.88. The van der Waals surface area contributed by atoms with E-state index in [2.05, 4.69) is 10.0 Å². The maximum atomic E-state index is 12.9. The van der Waals surface area contributed by atoms with Crippen LogP contribution < -0.4 is 10.0 Å². The fraction of sp³-hybridized carbons (Fsp3) is 0.429. The van der Waals surface area contributed by atoms with Crippen LogP contribution in [0.2, 0.25) is 0 Å². The maximum absolute atomic E-state index is 12.9. The topological polar surface area (TPSA) is 105 Å². The van der Waals surface area contributed by atoms with Gasteiger partial charge in [0.1, 0.15) is 0 Å². The molecule has 1 amide bonds. The summed E-state index contributed by atoms with van der Waals surface area (Å²) in [6.45, 7) is 6.57. The molecule has 11 heteroatoms. The number of aldehydes is 1. The number of nitrogens with zero attached hydrogens (tertiary/aromatic N) is 1. The summed E-state index contributed by atoms with van der Waals surface area (Å²) < 4.78 is 33.6. The smallest absolute Gasteiger partial charge is 0.409 e. The van der Waals surface area contributed by atoms with E-state index in [0.29, 0.717) is 37.8 Å². The number of hydrogen-bond donors (Lipinski definition) is 2. The molecule has 2 N–H and O–H groups in total. The molecule has 0 saturated carbocycles. The predicted octanol–water partition coefficient (Wildman–Crippen LogP) is 5.52. The Labute approximate surface area is 239 Å². The van der Waals surface area contributed by atoms with E-state index in [1.165, 1.54) is 0 Å². The van der Waals surface area contributed by atoms with Crippen molar-refractivity contribution in [1.29, 1.82) is 0 Å². The van der Waals surface area contributed by atoms with Crippen molar-refractivity contribution in [3.63, 3.8) is 0 Å². The van der Waals surface area contributed by atoms with E-state index in [1.54, 1.807) is 46.9 Å². The van der Waals surface area contributed by atoms with Gasteiger partial charge in [-0.15, -0.1) is 22.7 Å². The van der Waals surface area contributed by atoms with Gasteiger partial charge in [-0.25, -0.2) is 22.8 Å². The van der Waals surface area contributed by atoms with Gasteiger partial charge in [0, 0.05) is 41.3 Å². The summed E-state index contributed by atoms with van der Waals surface area (Å²) in [7, 11) is -3.50. The van der Waals surface area contributed by atoms with E-state index >= 15 is 0 Å². The van der Waals surface area contributed by atoms with Crippen molar-refractivity contribution in [3.05, 3.63) is 80.7 Å². The maximum Gasteiger partial charge on any atom is 0.409 e. The molecule has 2 heterocycles. The Hall–Kier alpha value is -2.57. The van der Waals surface area contributed by atoms with Gasteiger partial charge in [0.25, 0.3) is 0 Å². The number of carbonyl (C=O) groups excluding carboxylic acids is 2.